The Morgan fingerprint density at radius 1 is 0.253 bits per heavy atom. The SMILES string of the molecule is c1ccc(-c2cc3c4c(c2)N(c2ccccc2-c2ccccc2)c2cc5c(cc2B4c2ccccc2S3)B2c3ccccc3N(c3ccccc3-c3ccccc3)c3cc(N(c4ccccc4)c4ccccc4)cc(c32)S5)cc1. The molecule has 0 spiro atoms. The molecule has 12 aromatic carbocycles. The fourth-order valence-electron chi connectivity index (χ4n) is 13.0. The van der Waals surface area contributed by atoms with Gasteiger partial charge in [-0.25, -0.2) is 0 Å². The summed E-state index contributed by atoms with van der Waals surface area (Å²) in [6, 6.07) is 106. The molecule has 0 unspecified atom stereocenters. The number of anilines is 9. The molecular formula is C72H47B2N3S2. The summed E-state index contributed by atoms with van der Waals surface area (Å²) in [6.07, 6.45) is 0. The Hall–Kier alpha value is -9.13. The van der Waals surface area contributed by atoms with E-state index in [1.807, 2.05) is 23.5 Å². The molecule has 4 aliphatic rings. The standard InChI is InChI=1S/C72H47B2N3S2/c1-6-24-48(25-7-1)51-42-65-71-69(43-51)78-67-41-23-19-37-58(67)74(71)59-46-60-68(47-64(59)77(65)62-39-21-17-35-56(62)50-28-10-3-11-29-50)79-70-45-54(75(52-30-12-4-13-31-52)53-32-14-5-15-33-53)44-66-72(70)73(60)57-36-18-22-40-63(57)76(66)61-38-20-16-34-55(61)49-26-8-2-9-27-49/h1-47H. The van der Waals surface area contributed by atoms with Crippen LogP contribution in [0, 0.1) is 0 Å². The number of nitrogens with zero attached hydrogens (tertiary/aromatic N) is 3. The summed E-state index contributed by atoms with van der Waals surface area (Å²) in [4.78, 5) is 12.7. The van der Waals surface area contributed by atoms with Crippen molar-refractivity contribution < 1.29 is 0 Å². The average molecular weight is 1040 g/mol. The van der Waals surface area contributed by atoms with Crippen molar-refractivity contribution in [2.45, 2.75) is 19.6 Å². The van der Waals surface area contributed by atoms with Gasteiger partial charge in [0.05, 0.1) is 11.4 Å². The summed E-state index contributed by atoms with van der Waals surface area (Å²) in [7, 11) is 0. The van der Waals surface area contributed by atoms with Gasteiger partial charge in [-0.1, -0.05) is 241 Å². The molecule has 79 heavy (non-hydrogen) atoms. The largest absolute Gasteiger partial charge is 0.311 e. The second kappa shape index (κ2) is 18.8. The fraction of sp³-hybridized carbons (Fsp3) is 0. The van der Waals surface area contributed by atoms with Crippen LogP contribution in [0.4, 0.5) is 51.2 Å². The molecule has 16 rings (SSSR count). The van der Waals surface area contributed by atoms with Crippen molar-refractivity contribution in [3.05, 3.63) is 285 Å². The number of fused-ring (bicyclic) bond motifs is 8. The van der Waals surface area contributed by atoms with E-state index in [9.17, 15) is 0 Å². The molecule has 0 saturated heterocycles. The van der Waals surface area contributed by atoms with Gasteiger partial charge in [0.2, 0.25) is 13.4 Å². The van der Waals surface area contributed by atoms with Gasteiger partial charge in [-0.05, 0) is 123 Å². The van der Waals surface area contributed by atoms with Gasteiger partial charge in [0.1, 0.15) is 0 Å². The van der Waals surface area contributed by atoms with Crippen LogP contribution in [0.5, 0.6) is 0 Å². The minimum absolute atomic E-state index is 0.000612. The van der Waals surface area contributed by atoms with Gasteiger partial charge >= 0.3 is 0 Å². The first-order valence-corrected chi connectivity index (χ1v) is 28.8. The maximum Gasteiger partial charge on any atom is 0.249 e. The summed E-state index contributed by atoms with van der Waals surface area (Å²) >= 11 is 3.84. The van der Waals surface area contributed by atoms with Crippen LogP contribution in [0.25, 0.3) is 33.4 Å². The van der Waals surface area contributed by atoms with Crippen LogP contribution < -0.4 is 47.5 Å². The summed E-state index contributed by atoms with van der Waals surface area (Å²) in [5.41, 5.74) is 25.6. The molecule has 0 radical (unpaired) electrons. The van der Waals surface area contributed by atoms with Crippen molar-refractivity contribution in [2.24, 2.45) is 0 Å². The maximum absolute atomic E-state index is 2.64. The molecule has 3 nitrogen and oxygen atoms in total. The van der Waals surface area contributed by atoms with Crippen molar-refractivity contribution in [3.8, 4) is 33.4 Å². The molecule has 0 saturated carbocycles. The van der Waals surface area contributed by atoms with Gasteiger partial charge in [0, 0.05) is 70.5 Å². The van der Waals surface area contributed by atoms with Crippen LogP contribution in [-0.2, 0) is 0 Å². The van der Waals surface area contributed by atoms with Crippen molar-refractivity contribution in [1.29, 1.82) is 0 Å². The third kappa shape index (κ3) is 7.48. The third-order valence-electron chi connectivity index (χ3n) is 16.3. The second-order valence-corrected chi connectivity index (χ2v) is 22.9. The summed E-state index contributed by atoms with van der Waals surface area (Å²) in [5, 5.41) is 0. The van der Waals surface area contributed by atoms with Gasteiger partial charge in [0.15, 0.2) is 0 Å². The highest BCUT2D eigenvalue weighted by molar-refractivity contribution is 8.00. The molecule has 0 bridgehead atoms. The zero-order valence-corrected chi connectivity index (χ0v) is 44.6. The highest BCUT2D eigenvalue weighted by Gasteiger charge is 2.46. The Morgan fingerprint density at radius 2 is 0.709 bits per heavy atom. The van der Waals surface area contributed by atoms with Crippen LogP contribution in [0.15, 0.2) is 305 Å². The highest BCUT2D eigenvalue weighted by atomic mass is 32.2. The maximum atomic E-state index is 2.64. The molecule has 4 heterocycles. The Labute approximate surface area is 470 Å². The third-order valence-corrected chi connectivity index (χ3v) is 18.6. The van der Waals surface area contributed by atoms with Crippen LogP contribution >= 0.6 is 23.5 Å². The highest BCUT2D eigenvalue weighted by Crippen LogP contribution is 2.51. The van der Waals surface area contributed by atoms with E-state index in [1.54, 1.807) is 0 Å². The average Bonchev–Trinajstić information content (AvgIpc) is 3.32. The Bertz CT molecular complexity index is 4310. The predicted octanol–water partition coefficient (Wildman–Crippen LogP) is 15.7. The van der Waals surface area contributed by atoms with Gasteiger partial charge in [-0.3, -0.25) is 0 Å². The van der Waals surface area contributed by atoms with Gasteiger partial charge < -0.3 is 14.7 Å². The quantitative estimate of drug-likeness (QED) is 0.140. The summed E-state index contributed by atoms with van der Waals surface area (Å²) < 4.78 is 0. The number of rotatable bonds is 8. The lowest BCUT2D eigenvalue weighted by Crippen LogP contribution is -2.64. The predicted molar refractivity (Wildman–Crippen MR) is 337 cm³/mol. The first-order chi connectivity index (χ1) is 39.2. The van der Waals surface area contributed by atoms with E-state index in [4.69, 9.17) is 0 Å². The normalized spacial score (nSPS) is 13.1. The molecule has 7 heteroatoms. The molecule has 12 aromatic rings. The van der Waals surface area contributed by atoms with Gasteiger partial charge in [-0.2, -0.15) is 0 Å². The van der Waals surface area contributed by atoms with Crippen molar-refractivity contribution in [1.82, 2.24) is 0 Å². The fourth-order valence-corrected chi connectivity index (χ4v) is 15.4. The zero-order chi connectivity index (χ0) is 52.0. The number of para-hydroxylation sites is 5. The van der Waals surface area contributed by atoms with E-state index in [0.717, 1.165) is 28.4 Å². The molecule has 4 aliphatic heterocycles. The number of hydrogen-bond acceptors (Lipinski definition) is 5. The number of benzene rings is 12. The minimum Gasteiger partial charge on any atom is -0.311 e. The van der Waals surface area contributed by atoms with Crippen LogP contribution in [0.2, 0.25) is 0 Å². The van der Waals surface area contributed by atoms with Crippen molar-refractivity contribution in [3.63, 3.8) is 0 Å². The lowest BCUT2D eigenvalue weighted by Gasteiger charge is -2.44. The molecule has 0 N–H and O–H groups in total. The first-order valence-electron chi connectivity index (χ1n) is 27.1. The zero-order valence-electron chi connectivity index (χ0n) is 42.9. The molecule has 0 amide bonds. The molecule has 368 valence electrons. The van der Waals surface area contributed by atoms with Crippen molar-refractivity contribution >= 4 is 121 Å². The first kappa shape index (κ1) is 46.0. The van der Waals surface area contributed by atoms with E-state index in [1.165, 1.54) is 108 Å². The lowest BCUT2D eigenvalue weighted by molar-refractivity contribution is 1.23. The molecule has 0 fully saturated rings. The monoisotopic (exact) mass is 1040 g/mol. The van der Waals surface area contributed by atoms with E-state index in [-0.39, 0.29) is 13.4 Å². The minimum atomic E-state index is -0.0570. The molecular weight excluding hydrogens is 993 g/mol. The van der Waals surface area contributed by atoms with Gasteiger partial charge in [0.25, 0.3) is 0 Å². The van der Waals surface area contributed by atoms with Gasteiger partial charge in [-0.15, -0.1) is 0 Å². The topological polar surface area (TPSA) is 9.72 Å². The molecule has 0 aromatic heterocycles. The van der Waals surface area contributed by atoms with E-state index < -0.39 is 0 Å². The van der Waals surface area contributed by atoms with E-state index in [0.29, 0.717) is 0 Å². The van der Waals surface area contributed by atoms with Crippen LogP contribution in [-0.4, -0.2) is 13.4 Å². The smallest absolute Gasteiger partial charge is 0.249 e. The molecule has 0 aliphatic carbocycles. The van der Waals surface area contributed by atoms with Crippen LogP contribution in [0.1, 0.15) is 0 Å². The Morgan fingerprint density at radius 3 is 1.33 bits per heavy atom. The lowest BCUT2D eigenvalue weighted by atomic mass is 9.31. The summed E-state index contributed by atoms with van der Waals surface area (Å²) in [5.74, 6) is 0. The second-order valence-electron chi connectivity index (χ2n) is 20.7. The van der Waals surface area contributed by atoms with Crippen LogP contribution in [0.3, 0.4) is 0 Å². The number of hydrogen-bond donors (Lipinski definition) is 0. The molecule has 0 atom stereocenters. The summed E-state index contributed by atoms with van der Waals surface area (Å²) in [6.45, 7) is -0.0576. The Balaban J connectivity index is 0.989. The van der Waals surface area contributed by atoms with E-state index in [2.05, 4.69) is 300 Å². The van der Waals surface area contributed by atoms with E-state index >= 15 is 0 Å². The van der Waals surface area contributed by atoms with Crippen molar-refractivity contribution in [2.75, 3.05) is 14.7 Å². The Kier molecular flexibility index (Phi) is 11.0.